The Morgan fingerprint density at radius 3 is 1.42 bits per heavy atom. The van der Waals surface area contributed by atoms with Crippen LogP contribution in [0.4, 0.5) is 0 Å². The van der Waals surface area contributed by atoms with E-state index in [4.69, 9.17) is 18.9 Å². The van der Waals surface area contributed by atoms with E-state index in [1.807, 2.05) is 13.8 Å². The van der Waals surface area contributed by atoms with Crippen molar-refractivity contribution in [3.8, 4) is 0 Å². The van der Waals surface area contributed by atoms with Gasteiger partial charge >= 0.3 is 11.9 Å². The number of hydrogen-bond donors (Lipinski definition) is 2. The number of esters is 2. The first-order valence-corrected chi connectivity index (χ1v) is 23.4. The van der Waals surface area contributed by atoms with Crippen LogP contribution in [0.2, 0.25) is 0 Å². The lowest BCUT2D eigenvalue weighted by Gasteiger charge is -2.57. The largest absolute Gasteiger partial charge is 0.462 e. The Morgan fingerprint density at radius 1 is 0.661 bits per heavy atom. The van der Waals surface area contributed by atoms with Gasteiger partial charge in [-0.25, -0.2) is 0 Å². The minimum Gasteiger partial charge on any atom is -0.462 e. The molecule has 0 spiro atoms. The molecular weight excluding hydrogens is 741 g/mol. The number of aliphatic hydroxyl groups excluding tert-OH is 2. The van der Waals surface area contributed by atoms with E-state index in [2.05, 4.69) is 79.7 Å². The lowest BCUT2D eigenvalue weighted by atomic mass is 9.47. The lowest BCUT2D eigenvalue weighted by molar-refractivity contribution is -0.173. The van der Waals surface area contributed by atoms with Gasteiger partial charge in [-0.2, -0.15) is 0 Å². The van der Waals surface area contributed by atoms with Crippen LogP contribution in [0.3, 0.4) is 0 Å². The summed E-state index contributed by atoms with van der Waals surface area (Å²) in [5.74, 6) is 2.11. The fourth-order valence-corrected chi connectivity index (χ4v) is 12.9. The van der Waals surface area contributed by atoms with Crippen LogP contribution in [0.15, 0.2) is 46.6 Å². The number of carbonyl (C=O) groups excluding carboxylic acids is 2. The highest BCUT2D eigenvalue weighted by Gasteiger charge is 2.59. The van der Waals surface area contributed by atoms with Gasteiger partial charge in [0.05, 0.1) is 37.3 Å². The molecule has 0 radical (unpaired) electrons. The molecule has 6 aliphatic rings. The Labute approximate surface area is 357 Å². The van der Waals surface area contributed by atoms with Crippen molar-refractivity contribution < 1.29 is 38.7 Å². The molecule has 2 N–H and O–H groups in total. The number of ether oxygens (including phenoxy) is 4. The molecular formula is C51H80O8. The van der Waals surface area contributed by atoms with Crippen LogP contribution in [0, 0.1) is 62.6 Å². The summed E-state index contributed by atoms with van der Waals surface area (Å²) in [6, 6.07) is 0. The molecule has 0 heterocycles. The van der Waals surface area contributed by atoms with Crippen LogP contribution in [-0.2, 0) is 28.5 Å². The summed E-state index contributed by atoms with van der Waals surface area (Å²) in [6.45, 7) is 22.6. The predicted octanol–water partition coefficient (Wildman–Crippen LogP) is 10.1. The maximum atomic E-state index is 13.8. The second-order valence-corrected chi connectivity index (χ2v) is 22.2. The van der Waals surface area contributed by atoms with Crippen LogP contribution in [0.25, 0.3) is 0 Å². The Morgan fingerprint density at radius 2 is 1.05 bits per heavy atom. The average Bonchev–Trinajstić information content (AvgIpc) is 3.18. The van der Waals surface area contributed by atoms with E-state index in [0.717, 1.165) is 77.0 Å². The number of allylic oxidation sites excluding steroid dienone is 8. The topological polar surface area (TPSA) is 112 Å². The minimum absolute atomic E-state index is 0.0399. The smallest absolute Gasteiger partial charge is 0.312 e. The standard InChI is InChI=1S/C51H80O8/c1-33(2)35-13-17-41-37(25-35)15-19-43-48(41,7)21-11-23-50(43,9)45(54)58-29-39(52)27-56-31-47(5,6)32-57-28-40(53)30-59-46(55)51(10)24-12-22-49(8)42-18-14-36(34(3)4)26-38(42)16-20-44(49)51/h15-16,25-26,33-34,39-44,52-53H,11-14,17-24,27-32H2,1-10H3. The van der Waals surface area contributed by atoms with E-state index in [0.29, 0.717) is 36.9 Å². The van der Waals surface area contributed by atoms with Crippen molar-refractivity contribution in [3.63, 3.8) is 0 Å². The zero-order valence-corrected chi connectivity index (χ0v) is 38.5. The highest BCUT2D eigenvalue weighted by Crippen LogP contribution is 2.64. The molecule has 8 nitrogen and oxygen atoms in total. The van der Waals surface area contributed by atoms with E-state index in [-0.39, 0.29) is 61.0 Å². The van der Waals surface area contributed by atoms with Gasteiger partial charge in [0.15, 0.2) is 0 Å². The Balaban J connectivity index is 0.903. The monoisotopic (exact) mass is 821 g/mol. The summed E-state index contributed by atoms with van der Waals surface area (Å²) in [7, 11) is 0. The third kappa shape index (κ3) is 9.56. The first-order valence-electron chi connectivity index (χ1n) is 23.4. The SMILES string of the molecule is CC(C)C1=CC2=CCC3C(C)(C(=O)OCC(O)COCC(C)(C)COCC(O)COC(=O)C4(C)CCCC5(C)C6CCC(C(C)C)=CC6=CCC45)CCCC3(C)C2CC1. The van der Waals surface area contributed by atoms with Crippen molar-refractivity contribution in [2.24, 2.45) is 62.6 Å². The quantitative estimate of drug-likeness (QED) is 0.148. The van der Waals surface area contributed by atoms with Crippen molar-refractivity contribution >= 4 is 11.9 Å². The molecule has 6 rings (SSSR count). The molecule has 0 aromatic rings. The number of rotatable bonds is 16. The van der Waals surface area contributed by atoms with Gasteiger partial charge in [-0.15, -0.1) is 0 Å². The first kappa shape index (κ1) is 46.2. The van der Waals surface area contributed by atoms with Crippen molar-refractivity contribution in [1.29, 1.82) is 0 Å². The van der Waals surface area contributed by atoms with Crippen molar-refractivity contribution in [2.75, 3.05) is 39.6 Å². The lowest BCUT2D eigenvalue weighted by Crippen LogP contribution is -2.53. The van der Waals surface area contributed by atoms with Gasteiger partial charge in [0.1, 0.15) is 25.4 Å². The number of fused-ring (bicyclic) bond motifs is 6. The van der Waals surface area contributed by atoms with Crippen LogP contribution < -0.4 is 0 Å². The highest BCUT2D eigenvalue weighted by atomic mass is 16.6. The van der Waals surface area contributed by atoms with E-state index in [1.54, 1.807) is 0 Å². The molecule has 0 bridgehead atoms. The average molecular weight is 821 g/mol. The second-order valence-electron chi connectivity index (χ2n) is 22.2. The summed E-state index contributed by atoms with van der Waals surface area (Å²) in [6.07, 6.45) is 20.0. The third-order valence-corrected chi connectivity index (χ3v) is 16.5. The van der Waals surface area contributed by atoms with Crippen molar-refractivity contribution in [3.05, 3.63) is 46.6 Å². The first-order chi connectivity index (χ1) is 27.7. The molecule has 6 aliphatic carbocycles. The molecule has 332 valence electrons. The number of aliphatic hydroxyl groups is 2. The third-order valence-electron chi connectivity index (χ3n) is 16.5. The molecule has 2 fully saturated rings. The Bertz CT molecular complexity index is 1530. The van der Waals surface area contributed by atoms with Crippen LogP contribution in [0.5, 0.6) is 0 Å². The maximum absolute atomic E-state index is 13.8. The molecule has 0 saturated heterocycles. The van der Waals surface area contributed by atoms with E-state index < -0.39 is 28.5 Å². The Kier molecular flexibility index (Phi) is 14.3. The van der Waals surface area contributed by atoms with E-state index in [1.165, 1.54) is 22.3 Å². The summed E-state index contributed by atoms with van der Waals surface area (Å²) in [5.41, 5.74) is 4.56. The summed E-state index contributed by atoms with van der Waals surface area (Å²) < 4.78 is 23.5. The van der Waals surface area contributed by atoms with Crippen molar-refractivity contribution in [1.82, 2.24) is 0 Å². The van der Waals surface area contributed by atoms with Gasteiger partial charge in [0.25, 0.3) is 0 Å². The molecule has 0 aromatic heterocycles. The molecule has 0 aromatic carbocycles. The van der Waals surface area contributed by atoms with Gasteiger partial charge < -0.3 is 29.2 Å². The molecule has 10 unspecified atom stereocenters. The van der Waals surface area contributed by atoms with E-state index in [9.17, 15) is 19.8 Å². The second kappa shape index (κ2) is 18.2. The van der Waals surface area contributed by atoms with Crippen LogP contribution in [0.1, 0.15) is 146 Å². The molecule has 2 saturated carbocycles. The van der Waals surface area contributed by atoms with Gasteiger partial charge in [-0.3, -0.25) is 9.59 Å². The Hall–Kier alpha value is -2.26. The molecule has 10 atom stereocenters. The summed E-state index contributed by atoms with van der Waals surface area (Å²) in [5, 5.41) is 21.6. The van der Waals surface area contributed by atoms with Crippen molar-refractivity contribution in [2.45, 2.75) is 158 Å². The van der Waals surface area contributed by atoms with Gasteiger partial charge in [0, 0.05) is 5.41 Å². The maximum Gasteiger partial charge on any atom is 0.312 e. The fourth-order valence-electron chi connectivity index (χ4n) is 12.9. The fraction of sp³-hybridized carbons (Fsp3) is 0.804. The normalized spacial score (nSPS) is 35.5. The molecule has 0 amide bonds. The number of hydrogen-bond acceptors (Lipinski definition) is 8. The predicted molar refractivity (Wildman–Crippen MR) is 233 cm³/mol. The molecule has 0 aliphatic heterocycles. The zero-order chi connectivity index (χ0) is 43.0. The number of carbonyl (C=O) groups is 2. The summed E-state index contributed by atoms with van der Waals surface area (Å²) >= 11 is 0. The minimum atomic E-state index is -0.936. The van der Waals surface area contributed by atoms with Gasteiger partial charge in [-0.1, -0.05) is 104 Å². The van der Waals surface area contributed by atoms with E-state index >= 15 is 0 Å². The summed E-state index contributed by atoms with van der Waals surface area (Å²) in [4.78, 5) is 27.6. The zero-order valence-electron chi connectivity index (χ0n) is 38.5. The van der Waals surface area contributed by atoms with Gasteiger partial charge in [-0.05, 0) is 136 Å². The van der Waals surface area contributed by atoms with Crippen LogP contribution >= 0.6 is 0 Å². The van der Waals surface area contributed by atoms with Crippen LogP contribution in [-0.4, -0.2) is 74.0 Å². The molecule has 59 heavy (non-hydrogen) atoms. The van der Waals surface area contributed by atoms with Gasteiger partial charge in [0.2, 0.25) is 0 Å². The molecule has 8 heteroatoms. The highest BCUT2D eigenvalue weighted by molar-refractivity contribution is 5.78.